The number of piperidine rings is 1. The fraction of sp³-hybridized carbons (Fsp3) is 0.579. The summed E-state index contributed by atoms with van der Waals surface area (Å²) in [4.78, 5) is 26.5. The molecule has 0 radical (unpaired) electrons. The Morgan fingerprint density at radius 3 is 2.28 bits per heavy atom. The van der Waals surface area contributed by atoms with Gasteiger partial charge in [-0.25, -0.2) is 9.59 Å². The summed E-state index contributed by atoms with van der Waals surface area (Å²) in [7, 11) is 0. The highest BCUT2D eigenvalue weighted by Gasteiger charge is 2.44. The van der Waals surface area contributed by atoms with Gasteiger partial charge in [-0.1, -0.05) is 18.2 Å². The fourth-order valence-electron chi connectivity index (χ4n) is 2.84. The van der Waals surface area contributed by atoms with E-state index in [4.69, 9.17) is 9.47 Å². The standard InChI is InChI=1S/C19H28N2O4/c1-5-24-16(22)19(20-15-9-7-6-8-10-15)11-13-21(14-12-19)17(23)25-18(2,3)4/h6-10,20H,5,11-14H2,1-4H3. The van der Waals surface area contributed by atoms with Crippen LogP contribution in [0, 0.1) is 0 Å². The number of ether oxygens (including phenoxy) is 2. The van der Waals surface area contributed by atoms with Gasteiger partial charge in [0.1, 0.15) is 11.1 Å². The van der Waals surface area contributed by atoms with Crippen molar-refractivity contribution in [1.82, 2.24) is 4.90 Å². The molecule has 0 unspecified atom stereocenters. The number of hydrogen-bond donors (Lipinski definition) is 1. The van der Waals surface area contributed by atoms with Crippen molar-refractivity contribution in [2.24, 2.45) is 0 Å². The molecule has 0 saturated carbocycles. The number of nitrogens with one attached hydrogen (secondary N) is 1. The lowest BCUT2D eigenvalue weighted by molar-refractivity contribution is -0.150. The van der Waals surface area contributed by atoms with E-state index in [1.165, 1.54) is 0 Å². The lowest BCUT2D eigenvalue weighted by Crippen LogP contribution is -2.56. The van der Waals surface area contributed by atoms with E-state index in [9.17, 15) is 9.59 Å². The minimum absolute atomic E-state index is 0.275. The number of likely N-dealkylation sites (tertiary alicyclic amines) is 1. The zero-order valence-electron chi connectivity index (χ0n) is 15.5. The molecule has 6 nitrogen and oxygen atoms in total. The topological polar surface area (TPSA) is 67.9 Å². The second-order valence-electron chi connectivity index (χ2n) is 7.26. The summed E-state index contributed by atoms with van der Waals surface area (Å²) < 4.78 is 10.7. The minimum atomic E-state index is -0.824. The molecule has 0 aromatic heterocycles. The van der Waals surface area contributed by atoms with Gasteiger partial charge in [0, 0.05) is 18.8 Å². The number of benzene rings is 1. The highest BCUT2D eigenvalue weighted by molar-refractivity contribution is 5.85. The van der Waals surface area contributed by atoms with Crippen molar-refractivity contribution < 1.29 is 19.1 Å². The SMILES string of the molecule is CCOC(=O)C1(Nc2ccccc2)CCN(C(=O)OC(C)(C)C)CC1. The summed E-state index contributed by atoms with van der Waals surface area (Å²) in [6.07, 6.45) is 0.601. The van der Waals surface area contributed by atoms with Crippen LogP contribution >= 0.6 is 0 Å². The van der Waals surface area contributed by atoms with E-state index >= 15 is 0 Å². The third kappa shape index (κ3) is 5.11. The predicted octanol–water partition coefficient (Wildman–Crippen LogP) is 3.43. The molecule has 0 atom stereocenters. The maximum atomic E-state index is 12.6. The molecule has 1 aliphatic heterocycles. The zero-order chi connectivity index (χ0) is 18.5. The Balaban J connectivity index is 2.09. The van der Waals surface area contributed by atoms with Crippen molar-refractivity contribution in [3.63, 3.8) is 0 Å². The number of carbonyl (C=O) groups is 2. The first-order valence-corrected chi connectivity index (χ1v) is 8.74. The Hall–Kier alpha value is -2.24. The van der Waals surface area contributed by atoms with Crippen LogP contribution in [0.2, 0.25) is 0 Å². The van der Waals surface area contributed by atoms with Gasteiger partial charge in [-0.3, -0.25) is 0 Å². The molecule has 1 heterocycles. The van der Waals surface area contributed by atoms with Crippen LogP contribution in [0.15, 0.2) is 30.3 Å². The normalized spacial score (nSPS) is 16.9. The molecule has 1 aliphatic rings. The average molecular weight is 348 g/mol. The van der Waals surface area contributed by atoms with Crippen LogP contribution in [0.3, 0.4) is 0 Å². The molecule has 1 amide bonds. The molecule has 0 spiro atoms. The van der Waals surface area contributed by atoms with Crippen LogP contribution in [0.5, 0.6) is 0 Å². The van der Waals surface area contributed by atoms with E-state index in [1.807, 2.05) is 51.1 Å². The second-order valence-corrected chi connectivity index (χ2v) is 7.26. The van der Waals surface area contributed by atoms with E-state index in [0.29, 0.717) is 32.5 Å². The third-order valence-electron chi connectivity index (χ3n) is 4.09. The number of hydrogen-bond acceptors (Lipinski definition) is 5. The predicted molar refractivity (Wildman–Crippen MR) is 96.5 cm³/mol. The Morgan fingerprint density at radius 1 is 1.16 bits per heavy atom. The van der Waals surface area contributed by atoms with Gasteiger partial charge in [0.2, 0.25) is 0 Å². The number of esters is 1. The Kier molecular flexibility index (Phi) is 5.93. The summed E-state index contributed by atoms with van der Waals surface area (Å²) in [5, 5.41) is 3.33. The second kappa shape index (κ2) is 7.76. The van der Waals surface area contributed by atoms with Gasteiger partial charge in [0.05, 0.1) is 6.61 Å². The van der Waals surface area contributed by atoms with Crippen molar-refractivity contribution in [2.45, 2.75) is 51.7 Å². The van der Waals surface area contributed by atoms with Crippen LogP contribution < -0.4 is 5.32 Å². The van der Waals surface area contributed by atoms with Crippen LogP contribution in [0.4, 0.5) is 10.5 Å². The van der Waals surface area contributed by atoms with Crippen LogP contribution in [0.1, 0.15) is 40.5 Å². The Morgan fingerprint density at radius 2 is 1.76 bits per heavy atom. The van der Waals surface area contributed by atoms with Crippen molar-refractivity contribution in [1.29, 1.82) is 0 Å². The molecule has 2 rings (SSSR count). The zero-order valence-corrected chi connectivity index (χ0v) is 15.5. The fourth-order valence-corrected chi connectivity index (χ4v) is 2.84. The summed E-state index contributed by atoms with van der Waals surface area (Å²) in [6, 6.07) is 9.59. The lowest BCUT2D eigenvalue weighted by Gasteiger charge is -2.41. The Labute approximate surface area is 149 Å². The largest absolute Gasteiger partial charge is 0.464 e. The monoisotopic (exact) mass is 348 g/mol. The van der Waals surface area contributed by atoms with Crippen molar-refractivity contribution in [3.05, 3.63) is 30.3 Å². The Bertz CT molecular complexity index is 587. The van der Waals surface area contributed by atoms with Gasteiger partial charge in [0.15, 0.2) is 0 Å². The maximum Gasteiger partial charge on any atom is 0.410 e. The van der Waals surface area contributed by atoms with Crippen LogP contribution in [-0.2, 0) is 14.3 Å². The molecule has 1 N–H and O–H groups in total. The molecule has 1 aromatic carbocycles. The molecular formula is C19H28N2O4. The first-order valence-electron chi connectivity index (χ1n) is 8.74. The number of anilines is 1. The first-order chi connectivity index (χ1) is 11.8. The molecule has 1 aromatic rings. The number of para-hydroxylation sites is 1. The third-order valence-corrected chi connectivity index (χ3v) is 4.09. The lowest BCUT2D eigenvalue weighted by atomic mass is 9.87. The van der Waals surface area contributed by atoms with E-state index in [0.717, 1.165) is 5.69 Å². The summed E-state index contributed by atoms with van der Waals surface area (Å²) in [5.74, 6) is -0.275. The number of carbonyl (C=O) groups excluding carboxylic acids is 2. The van der Waals surface area contributed by atoms with Crippen LogP contribution in [0.25, 0.3) is 0 Å². The van der Waals surface area contributed by atoms with Gasteiger partial charge >= 0.3 is 12.1 Å². The van der Waals surface area contributed by atoms with Crippen molar-refractivity contribution in [3.8, 4) is 0 Å². The number of rotatable bonds is 4. The highest BCUT2D eigenvalue weighted by Crippen LogP contribution is 2.29. The summed E-state index contributed by atoms with van der Waals surface area (Å²) in [5.41, 5.74) is -0.494. The molecule has 0 bridgehead atoms. The average Bonchev–Trinajstić information content (AvgIpc) is 2.55. The molecule has 1 saturated heterocycles. The summed E-state index contributed by atoms with van der Waals surface area (Å²) >= 11 is 0. The van der Waals surface area contributed by atoms with Gasteiger partial charge < -0.3 is 19.7 Å². The smallest absolute Gasteiger partial charge is 0.410 e. The minimum Gasteiger partial charge on any atom is -0.464 e. The van der Waals surface area contributed by atoms with E-state index < -0.39 is 11.1 Å². The molecule has 1 fully saturated rings. The first kappa shape index (κ1) is 19.1. The molecular weight excluding hydrogens is 320 g/mol. The van der Waals surface area contributed by atoms with Gasteiger partial charge in [-0.15, -0.1) is 0 Å². The number of nitrogens with zero attached hydrogens (tertiary/aromatic N) is 1. The van der Waals surface area contributed by atoms with Crippen molar-refractivity contribution in [2.75, 3.05) is 25.0 Å². The quantitative estimate of drug-likeness (QED) is 0.844. The van der Waals surface area contributed by atoms with E-state index in [2.05, 4.69) is 5.32 Å². The van der Waals surface area contributed by atoms with Crippen molar-refractivity contribution >= 4 is 17.7 Å². The molecule has 6 heteroatoms. The number of amides is 1. The molecule has 138 valence electrons. The van der Waals surface area contributed by atoms with E-state index in [1.54, 1.807) is 11.8 Å². The van der Waals surface area contributed by atoms with E-state index in [-0.39, 0.29) is 12.1 Å². The van der Waals surface area contributed by atoms with Gasteiger partial charge in [0.25, 0.3) is 0 Å². The maximum absolute atomic E-state index is 12.6. The summed E-state index contributed by atoms with van der Waals surface area (Å²) in [6.45, 7) is 8.52. The molecule has 25 heavy (non-hydrogen) atoms. The van der Waals surface area contributed by atoms with Crippen LogP contribution in [-0.4, -0.2) is 47.8 Å². The molecule has 0 aliphatic carbocycles. The van der Waals surface area contributed by atoms with Gasteiger partial charge in [-0.2, -0.15) is 0 Å². The highest BCUT2D eigenvalue weighted by atomic mass is 16.6. The van der Waals surface area contributed by atoms with Gasteiger partial charge in [-0.05, 0) is 52.7 Å².